The van der Waals surface area contributed by atoms with Gasteiger partial charge in [-0.15, -0.1) is 11.3 Å². The van der Waals surface area contributed by atoms with E-state index >= 15 is 0 Å². The van der Waals surface area contributed by atoms with Crippen molar-refractivity contribution >= 4 is 23.5 Å². The van der Waals surface area contributed by atoms with Crippen LogP contribution in [0.15, 0.2) is 70.2 Å². The normalized spacial score (nSPS) is 18.5. The summed E-state index contributed by atoms with van der Waals surface area (Å²) in [5.41, 5.74) is -2.06. The van der Waals surface area contributed by atoms with Crippen molar-refractivity contribution in [2.75, 3.05) is 33.4 Å². The first-order valence-corrected chi connectivity index (χ1v) is 15.7. The topological polar surface area (TPSA) is 106 Å². The molecule has 45 heavy (non-hydrogen) atoms. The molecule has 238 valence electrons. The maximum Gasteiger partial charge on any atom is 0.417 e. The van der Waals surface area contributed by atoms with Crippen LogP contribution in [-0.2, 0) is 14.2 Å². The van der Waals surface area contributed by atoms with Crippen LogP contribution in [0, 0.1) is 34.0 Å². The third kappa shape index (κ3) is 10.5. The third-order valence-electron chi connectivity index (χ3n) is 7.16. The van der Waals surface area contributed by atoms with Gasteiger partial charge < -0.3 is 14.2 Å². The highest BCUT2D eigenvalue weighted by molar-refractivity contribution is 7.13. The maximum absolute atomic E-state index is 14.0. The van der Waals surface area contributed by atoms with Crippen molar-refractivity contribution in [3.63, 3.8) is 0 Å². The van der Waals surface area contributed by atoms with Gasteiger partial charge in [0.15, 0.2) is 11.3 Å². The Hall–Kier alpha value is -4.08. The molecule has 3 rings (SSSR count). The second-order valence-electron chi connectivity index (χ2n) is 10.4. The Morgan fingerprint density at radius 3 is 2.22 bits per heavy atom. The average molecular weight is 639 g/mol. The first-order valence-electron chi connectivity index (χ1n) is 14.9. The molecule has 1 fully saturated rings. The van der Waals surface area contributed by atoms with Gasteiger partial charge in [-0.05, 0) is 68.8 Å². The molecule has 1 aromatic rings. The number of halogens is 3. The van der Waals surface area contributed by atoms with Crippen LogP contribution in [0.25, 0.3) is 12.2 Å². The molecule has 2 unspecified atom stereocenters. The molecule has 2 atom stereocenters. The minimum atomic E-state index is -4.94. The van der Waals surface area contributed by atoms with Gasteiger partial charge in [-0.2, -0.15) is 29.0 Å². The highest BCUT2D eigenvalue weighted by Crippen LogP contribution is 2.34. The molecule has 0 radical (unpaired) electrons. The van der Waals surface area contributed by atoms with Crippen molar-refractivity contribution in [1.82, 2.24) is 4.90 Å². The van der Waals surface area contributed by atoms with Gasteiger partial charge in [-0.1, -0.05) is 38.8 Å². The monoisotopic (exact) mass is 638 g/mol. The van der Waals surface area contributed by atoms with Crippen LogP contribution in [-0.4, -0.2) is 56.6 Å². The van der Waals surface area contributed by atoms with E-state index in [9.17, 15) is 18.4 Å². The van der Waals surface area contributed by atoms with Crippen LogP contribution in [0.5, 0.6) is 0 Å². The lowest BCUT2D eigenvalue weighted by Gasteiger charge is -2.32. The second kappa shape index (κ2) is 17.4. The summed E-state index contributed by atoms with van der Waals surface area (Å²) in [5.74, 6) is 0.0724. The molecule has 0 aromatic carbocycles. The Morgan fingerprint density at radius 2 is 1.69 bits per heavy atom. The number of methoxy groups -OCH3 is 1. The van der Waals surface area contributed by atoms with Crippen LogP contribution >= 0.6 is 11.3 Å². The Labute approximate surface area is 267 Å². The van der Waals surface area contributed by atoms with E-state index in [1.54, 1.807) is 12.1 Å². The minimum absolute atomic E-state index is 0.110. The third-order valence-corrected chi connectivity index (χ3v) is 8.17. The first kappa shape index (κ1) is 35.4. The number of thiophene rings is 1. The van der Waals surface area contributed by atoms with E-state index in [1.807, 2.05) is 12.2 Å². The molecule has 1 aliphatic heterocycles. The molecule has 1 saturated heterocycles. The number of hydrogen-bond acceptors (Lipinski definition) is 8. The highest BCUT2D eigenvalue weighted by Gasteiger charge is 2.37. The van der Waals surface area contributed by atoms with E-state index < -0.39 is 28.7 Å². The van der Waals surface area contributed by atoms with Crippen molar-refractivity contribution in [1.29, 1.82) is 15.8 Å². The van der Waals surface area contributed by atoms with E-state index in [4.69, 9.17) is 24.7 Å². The lowest BCUT2D eigenvalue weighted by atomic mass is 9.98. The molecule has 0 amide bonds. The van der Waals surface area contributed by atoms with Gasteiger partial charge in [0.2, 0.25) is 0 Å². The zero-order chi connectivity index (χ0) is 32.8. The number of allylic oxidation sites excluding steroid dienone is 5. The molecule has 11 heteroatoms. The second-order valence-corrected chi connectivity index (χ2v) is 11.6. The fourth-order valence-electron chi connectivity index (χ4n) is 4.63. The lowest BCUT2D eigenvalue weighted by Crippen LogP contribution is -2.36. The molecule has 2 heterocycles. The molecular formula is C34H37F3N4O3S. The van der Waals surface area contributed by atoms with E-state index in [0.29, 0.717) is 18.1 Å². The van der Waals surface area contributed by atoms with E-state index in [2.05, 4.69) is 30.9 Å². The summed E-state index contributed by atoms with van der Waals surface area (Å²) in [6.45, 7) is 7.62. The van der Waals surface area contributed by atoms with E-state index in [-0.39, 0.29) is 12.1 Å². The predicted octanol–water partition coefficient (Wildman–Crippen LogP) is 8.00. The number of alkyl halides is 3. The number of nitrogens with zero attached hydrogens (tertiary/aromatic N) is 4. The standard InChI is InChI=1S/C34H37F3N4O3S/c1-4-6-16-41(17-7-5-2)26-10-8-24(32(18-26)44-23-27-22-43-27)9-11-28-12-13-29(45-28)14-15-31(34(35,36)37)30(21-40)33(42-3)25(19-38)20-39/h8-9,11-15,18,26-27H,4-7,10,16-17,22-23H2,1-3H3/b11-9+,15-14+,31-30-. The number of rotatable bonds is 16. The van der Waals surface area contributed by atoms with Gasteiger partial charge in [0.1, 0.15) is 42.3 Å². The van der Waals surface area contributed by atoms with Crippen LogP contribution in [0.1, 0.15) is 55.7 Å². The number of nitriles is 3. The summed E-state index contributed by atoms with van der Waals surface area (Å²) in [4.78, 5) is 3.84. The Balaban J connectivity index is 1.84. The van der Waals surface area contributed by atoms with Crippen molar-refractivity contribution in [2.24, 2.45) is 0 Å². The van der Waals surface area contributed by atoms with Crippen LogP contribution < -0.4 is 0 Å². The summed E-state index contributed by atoms with van der Waals surface area (Å²) in [5, 5.41) is 27.7. The fraction of sp³-hybridized carbons (Fsp3) is 0.441. The molecule has 0 saturated carbocycles. The van der Waals surface area contributed by atoms with Gasteiger partial charge in [0, 0.05) is 21.4 Å². The molecule has 0 spiro atoms. The van der Waals surface area contributed by atoms with Crippen molar-refractivity contribution in [2.45, 2.75) is 64.3 Å². The van der Waals surface area contributed by atoms with Crippen LogP contribution in [0.4, 0.5) is 13.2 Å². The van der Waals surface area contributed by atoms with Crippen molar-refractivity contribution < 1.29 is 27.4 Å². The molecule has 7 nitrogen and oxygen atoms in total. The Morgan fingerprint density at radius 1 is 1.04 bits per heavy atom. The fourth-order valence-corrected chi connectivity index (χ4v) is 5.45. The zero-order valence-electron chi connectivity index (χ0n) is 25.7. The van der Waals surface area contributed by atoms with Gasteiger partial charge in [-0.3, -0.25) is 4.90 Å². The SMILES string of the molecule is CCCCN(CCCC)C1C=C(OCC2CO2)C(/C=C/c2ccc(/C=C/C(=C(\C#N)C(OC)=C(C#N)C#N)C(F)(F)F)s2)=CC1. The number of ether oxygens (including phenoxy) is 3. The Bertz CT molecular complexity index is 1470. The van der Waals surface area contributed by atoms with E-state index in [0.717, 1.165) is 74.6 Å². The molecule has 2 aliphatic rings. The van der Waals surface area contributed by atoms with E-state index in [1.165, 1.54) is 35.6 Å². The lowest BCUT2D eigenvalue weighted by molar-refractivity contribution is -0.0888. The zero-order valence-corrected chi connectivity index (χ0v) is 26.5. The van der Waals surface area contributed by atoms with Crippen LogP contribution in [0.3, 0.4) is 0 Å². The number of epoxide rings is 1. The smallest absolute Gasteiger partial charge is 0.417 e. The Kier molecular flexibility index (Phi) is 13.7. The maximum atomic E-state index is 14.0. The van der Waals surface area contributed by atoms with Gasteiger partial charge in [-0.25, -0.2) is 0 Å². The van der Waals surface area contributed by atoms with Crippen molar-refractivity contribution in [3.05, 3.63) is 80.0 Å². The van der Waals surface area contributed by atoms with Gasteiger partial charge >= 0.3 is 6.18 Å². The number of unbranched alkanes of at least 4 members (excludes halogenated alkanes) is 2. The molecule has 0 bridgehead atoms. The van der Waals surface area contributed by atoms with Crippen LogP contribution in [0.2, 0.25) is 0 Å². The summed E-state index contributed by atoms with van der Waals surface area (Å²) in [7, 11) is 0.999. The number of hydrogen-bond donors (Lipinski definition) is 0. The average Bonchev–Trinajstić information content (AvgIpc) is 3.75. The highest BCUT2D eigenvalue weighted by atomic mass is 32.1. The van der Waals surface area contributed by atoms with Crippen molar-refractivity contribution in [3.8, 4) is 18.2 Å². The summed E-state index contributed by atoms with van der Waals surface area (Å²) in [6.07, 6.45) is 10.8. The molecule has 1 aliphatic carbocycles. The quantitative estimate of drug-likeness (QED) is 0.0782. The largest absolute Gasteiger partial charge is 0.493 e. The molecule has 0 N–H and O–H groups in total. The minimum Gasteiger partial charge on any atom is -0.493 e. The molecular weight excluding hydrogens is 601 g/mol. The molecule has 1 aromatic heterocycles. The van der Waals surface area contributed by atoms with Gasteiger partial charge in [0.05, 0.1) is 19.3 Å². The summed E-state index contributed by atoms with van der Waals surface area (Å²) in [6, 6.07) is 8.09. The van der Waals surface area contributed by atoms with Gasteiger partial charge in [0.25, 0.3) is 0 Å². The summed E-state index contributed by atoms with van der Waals surface area (Å²) >= 11 is 1.27. The first-order chi connectivity index (χ1) is 21.7. The summed E-state index contributed by atoms with van der Waals surface area (Å²) < 4.78 is 58.3. The predicted molar refractivity (Wildman–Crippen MR) is 168 cm³/mol.